The van der Waals surface area contributed by atoms with E-state index < -0.39 is 0 Å². The van der Waals surface area contributed by atoms with Crippen molar-refractivity contribution < 1.29 is 31.9 Å². The second kappa shape index (κ2) is 20.0. The van der Waals surface area contributed by atoms with E-state index in [1.165, 1.54) is 0 Å². The van der Waals surface area contributed by atoms with Crippen LogP contribution in [0.5, 0.6) is 0 Å². The van der Waals surface area contributed by atoms with Crippen molar-refractivity contribution in [2.45, 2.75) is 20.0 Å². The SMILES string of the molecule is CC(C)O.NCCNCCNCCO.[Ti]. The van der Waals surface area contributed by atoms with E-state index in [4.69, 9.17) is 15.9 Å². The quantitative estimate of drug-likeness (QED) is 0.282. The van der Waals surface area contributed by atoms with Crippen LogP contribution in [0, 0.1) is 0 Å². The minimum atomic E-state index is -0.167. The van der Waals surface area contributed by atoms with Crippen LogP contribution in [0.25, 0.3) is 0 Å². The molecule has 6 N–H and O–H groups in total. The van der Waals surface area contributed by atoms with Crippen LogP contribution < -0.4 is 16.4 Å². The van der Waals surface area contributed by atoms with Gasteiger partial charge in [0.05, 0.1) is 6.61 Å². The molecule has 0 rings (SSSR count). The molecule has 0 bridgehead atoms. The third kappa shape index (κ3) is 40.3. The summed E-state index contributed by atoms with van der Waals surface area (Å²) in [6.45, 7) is 7.67. The van der Waals surface area contributed by atoms with Gasteiger partial charge in [-0.1, -0.05) is 0 Å². The van der Waals surface area contributed by atoms with E-state index in [-0.39, 0.29) is 34.4 Å². The second-order valence-electron chi connectivity index (χ2n) is 3.11. The first-order valence-corrected chi connectivity index (χ1v) is 5.05. The number of hydrogen-bond acceptors (Lipinski definition) is 5. The van der Waals surface area contributed by atoms with Gasteiger partial charge in [-0.25, -0.2) is 0 Å². The first-order chi connectivity index (χ1) is 6.65. The van der Waals surface area contributed by atoms with Crippen molar-refractivity contribution in [2.24, 2.45) is 5.73 Å². The Labute approximate surface area is 108 Å². The van der Waals surface area contributed by atoms with Crippen molar-refractivity contribution in [1.29, 1.82) is 0 Å². The van der Waals surface area contributed by atoms with E-state index >= 15 is 0 Å². The number of nitrogens with one attached hydrogen (secondary N) is 2. The minimum Gasteiger partial charge on any atom is -0.395 e. The van der Waals surface area contributed by atoms with Crippen LogP contribution in [0.2, 0.25) is 0 Å². The molecule has 0 spiro atoms. The Morgan fingerprint density at radius 2 is 1.47 bits per heavy atom. The van der Waals surface area contributed by atoms with Crippen molar-refractivity contribution in [2.75, 3.05) is 39.3 Å². The first-order valence-electron chi connectivity index (χ1n) is 5.05. The number of aliphatic hydroxyl groups is 2. The maximum Gasteiger partial charge on any atom is 0.0555 e. The first kappa shape index (κ1) is 20.9. The fraction of sp³-hybridized carbons (Fsp3) is 1.00. The molecule has 0 aromatic heterocycles. The number of nitrogens with two attached hydrogens (primary N) is 1. The van der Waals surface area contributed by atoms with E-state index in [2.05, 4.69) is 10.6 Å². The average Bonchev–Trinajstić information content (AvgIpc) is 2.10. The zero-order chi connectivity index (χ0) is 11.2. The van der Waals surface area contributed by atoms with E-state index in [1.54, 1.807) is 13.8 Å². The van der Waals surface area contributed by atoms with Crippen LogP contribution in [-0.2, 0) is 21.7 Å². The molecular formula is C9H25N3O2Ti. The van der Waals surface area contributed by atoms with Gasteiger partial charge in [-0.2, -0.15) is 0 Å². The number of rotatable bonds is 7. The second-order valence-corrected chi connectivity index (χ2v) is 3.11. The van der Waals surface area contributed by atoms with Crippen LogP contribution in [0.15, 0.2) is 0 Å². The summed E-state index contributed by atoms with van der Waals surface area (Å²) in [5.74, 6) is 0. The molecule has 15 heavy (non-hydrogen) atoms. The molecule has 0 amide bonds. The van der Waals surface area contributed by atoms with Gasteiger partial charge in [-0.15, -0.1) is 0 Å². The summed E-state index contributed by atoms with van der Waals surface area (Å²) in [6, 6.07) is 0. The van der Waals surface area contributed by atoms with E-state index in [0.29, 0.717) is 13.1 Å². The zero-order valence-corrected chi connectivity index (χ0v) is 11.4. The molecule has 0 aromatic rings. The van der Waals surface area contributed by atoms with Gasteiger partial charge in [-0.3, -0.25) is 0 Å². The standard InChI is InChI=1S/C6H17N3O.C3H8O.Ti/c7-1-2-8-3-4-9-5-6-10;1-3(2)4;/h8-10H,1-7H2;3-4H,1-2H3;. The summed E-state index contributed by atoms with van der Waals surface area (Å²) < 4.78 is 0. The van der Waals surface area contributed by atoms with Crippen molar-refractivity contribution in [3.8, 4) is 0 Å². The fourth-order valence-electron chi connectivity index (χ4n) is 0.608. The molecule has 0 atom stereocenters. The predicted octanol–water partition coefficient (Wildman–Crippen LogP) is -1.50. The third-order valence-corrected chi connectivity index (χ3v) is 1.09. The Bertz CT molecular complexity index is 86.7. The van der Waals surface area contributed by atoms with Gasteiger partial charge in [0, 0.05) is 60.5 Å². The molecule has 0 saturated carbocycles. The fourth-order valence-corrected chi connectivity index (χ4v) is 0.608. The largest absolute Gasteiger partial charge is 0.395 e. The maximum atomic E-state index is 8.37. The van der Waals surface area contributed by atoms with Gasteiger partial charge < -0.3 is 26.6 Å². The van der Waals surface area contributed by atoms with Gasteiger partial charge in [0.2, 0.25) is 0 Å². The number of aliphatic hydroxyl groups excluding tert-OH is 2. The molecule has 0 fully saturated rings. The molecule has 0 aromatic carbocycles. The number of hydrogen-bond donors (Lipinski definition) is 5. The molecule has 0 aliphatic heterocycles. The Kier molecular flexibility index (Phi) is 27.8. The average molecular weight is 255 g/mol. The van der Waals surface area contributed by atoms with E-state index in [9.17, 15) is 0 Å². The van der Waals surface area contributed by atoms with Crippen molar-refractivity contribution in [3.63, 3.8) is 0 Å². The monoisotopic (exact) mass is 255 g/mol. The van der Waals surface area contributed by atoms with Crippen molar-refractivity contribution >= 4 is 0 Å². The molecule has 0 radical (unpaired) electrons. The van der Waals surface area contributed by atoms with Gasteiger partial charge >= 0.3 is 0 Å². The molecule has 0 heterocycles. The molecule has 5 nitrogen and oxygen atoms in total. The molecule has 0 unspecified atom stereocenters. The Balaban J connectivity index is -0.000000249. The summed E-state index contributed by atoms with van der Waals surface area (Å²) in [7, 11) is 0. The van der Waals surface area contributed by atoms with E-state index in [0.717, 1.165) is 19.6 Å². The van der Waals surface area contributed by atoms with Crippen LogP contribution in [0.3, 0.4) is 0 Å². The van der Waals surface area contributed by atoms with Gasteiger partial charge in [0.15, 0.2) is 0 Å². The molecular weight excluding hydrogens is 230 g/mol. The maximum absolute atomic E-state index is 8.37. The summed E-state index contributed by atoms with van der Waals surface area (Å²) in [5.41, 5.74) is 5.25. The summed E-state index contributed by atoms with van der Waals surface area (Å²) >= 11 is 0. The third-order valence-electron chi connectivity index (χ3n) is 1.09. The van der Waals surface area contributed by atoms with Crippen LogP contribution in [-0.4, -0.2) is 55.6 Å². The molecule has 0 aliphatic rings. The van der Waals surface area contributed by atoms with Gasteiger partial charge in [-0.05, 0) is 13.8 Å². The molecule has 6 heteroatoms. The van der Waals surface area contributed by atoms with E-state index in [1.807, 2.05) is 0 Å². The molecule has 0 saturated heterocycles. The summed E-state index contributed by atoms with van der Waals surface area (Å²) in [4.78, 5) is 0. The minimum absolute atomic E-state index is 0. The summed E-state index contributed by atoms with van der Waals surface area (Å²) in [6.07, 6.45) is -0.167. The van der Waals surface area contributed by atoms with Crippen LogP contribution >= 0.6 is 0 Å². The zero-order valence-electron chi connectivity index (χ0n) is 9.79. The van der Waals surface area contributed by atoms with Crippen LogP contribution in [0.1, 0.15) is 13.8 Å². The molecule has 92 valence electrons. The van der Waals surface area contributed by atoms with Gasteiger partial charge in [0.1, 0.15) is 0 Å². The van der Waals surface area contributed by atoms with Crippen LogP contribution in [0.4, 0.5) is 0 Å². The normalized spacial score (nSPS) is 9.20. The summed E-state index contributed by atoms with van der Waals surface area (Å²) in [5, 5.41) is 22.6. The Hall–Kier alpha value is 0.514. The van der Waals surface area contributed by atoms with Crippen molar-refractivity contribution in [1.82, 2.24) is 10.6 Å². The van der Waals surface area contributed by atoms with Gasteiger partial charge in [0.25, 0.3) is 0 Å². The smallest absolute Gasteiger partial charge is 0.0555 e. The van der Waals surface area contributed by atoms with Crippen molar-refractivity contribution in [3.05, 3.63) is 0 Å². The Morgan fingerprint density at radius 1 is 1.07 bits per heavy atom. The topological polar surface area (TPSA) is 90.5 Å². The predicted molar refractivity (Wildman–Crippen MR) is 59.2 cm³/mol. The Morgan fingerprint density at radius 3 is 1.80 bits per heavy atom. The molecule has 0 aliphatic carbocycles.